The normalized spacial score (nSPS) is 10.8. The Morgan fingerprint density at radius 1 is 1.54 bits per heavy atom. The van der Waals surface area contributed by atoms with Crippen LogP contribution in [-0.4, -0.2) is 39.0 Å². The van der Waals surface area contributed by atoms with Gasteiger partial charge in [0.2, 0.25) is 5.95 Å². The van der Waals surface area contributed by atoms with Crippen LogP contribution in [0.25, 0.3) is 0 Å². The fourth-order valence-corrected chi connectivity index (χ4v) is 1.04. The summed E-state index contributed by atoms with van der Waals surface area (Å²) in [6.07, 6.45) is 3.52. The lowest BCUT2D eigenvalue weighted by atomic mass is 10.3. The summed E-state index contributed by atoms with van der Waals surface area (Å²) in [5, 5.41) is 20.6. The molecule has 0 atom stereocenters. The molecule has 74 valence electrons. The van der Waals surface area contributed by atoms with Crippen molar-refractivity contribution < 1.29 is 10.2 Å². The molecule has 1 aromatic rings. The molecule has 3 N–H and O–H groups in total. The Kier molecular flexibility index (Phi) is 3.72. The Balaban J connectivity index is 2.61. The van der Waals surface area contributed by atoms with Gasteiger partial charge in [-0.3, -0.25) is 0 Å². The lowest BCUT2D eigenvalue weighted by molar-refractivity contribution is 0.203. The van der Waals surface area contributed by atoms with Crippen LogP contribution in [0.3, 0.4) is 0 Å². The van der Waals surface area contributed by atoms with Crippen LogP contribution in [0.5, 0.6) is 0 Å². The summed E-state index contributed by atoms with van der Waals surface area (Å²) in [5.74, 6) is 0.676. The molecule has 0 aliphatic rings. The molecule has 0 unspecified atom stereocenters. The van der Waals surface area contributed by atoms with E-state index >= 15 is 0 Å². The Hall–Kier alpha value is -1.07. The van der Waals surface area contributed by atoms with Crippen LogP contribution >= 0.6 is 0 Å². The molecule has 0 amide bonds. The van der Waals surface area contributed by atoms with Crippen molar-refractivity contribution in [2.75, 3.05) is 18.5 Å². The van der Waals surface area contributed by atoms with E-state index in [0.717, 1.165) is 6.54 Å². The molecule has 0 aromatic carbocycles. The SMILES string of the molecule is CCn1ccnc1NC(CO)CO. The maximum Gasteiger partial charge on any atom is 0.203 e. The van der Waals surface area contributed by atoms with Crippen molar-refractivity contribution in [1.82, 2.24) is 9.55 Å². The minimum atomic E-state index is -0.340. The molecule has 5 heteroatoms. The Morgan fingerprint density at radius 2 is 2.23 bits per heavy atom. The van der Waals surface area contributed by atoms with Gasteiger partial charge in [0.15, 0.2) is 0 Å². The zero-order chi connectivity index (χ0) is 9.68. The summed E-state index contributed by atoms with van der Waals surface area (Å²) in [5.41, 5.74) is 0. The average molecular weight is 185 g/mol. The average Bonchev–Trinajstić information content (AvgIpc) is 2.61. The lowest BCUT2D eigenvalue weighted by Gasteiger charge is -2.14. The second-order valence-corrected chi connectivity index (χ2v) is 2.74. The van der Waals surface area contributed by atoms with Gasteiger partial charge in [0.1, 0.15) is 0 Å². The summed E-state index contributed by atoms with van der Waals surface area (Å²) in [6, 6.07) is -0.340. The fraction of sp³-hybridized carbons (Fsp3) is 0.625. The summed E-state index contributed by atoms with van der Waals surface area (Å²) in [4.78, 5) is 4.05. The van der Waals surface area contributed by atoms with Gasteiger partial charge >= 0.3 is 0 Å². The smallest absolute Gasteiger partial charge is 0.203 e. The number of aryl methyl sites for hydroxylation is 1. The van der Waals surface area contributed by atoms with Crippen LogP contribution in [0.1, 0.15) is 6.92 Å². The van der Waals surface area contributed by atoms with E-state index in [1.807, 2.05) is 17.7 Å². The standard InChI is InChI=1S/C8H15N3O2/c1-2-11-4-3-9-8(11)10-7(5-12)6-13/h3-4,7,12-13H,2,5-6H2,1H3,(H,9,10). The van der Waals surface area contributed by atoms with Crippen LogP contribution in [0, 0.1) is 0 Å². The van der Waals surface area contributed by atoms with Gasteiger partial charge in [-0.1, -0.05) is 0 Å². The molecule has 0 saturated carbocycles. The molecule has 0 radical (unpaired) electrons. The van der Waals surface area contributed by atoms with E-state index in [1.165, 1.54) is 0 Å². The highest BCUT2D eigenvalue weighted by molar-refractivity contribution is 5.27. The second kappa shape index (κ2) is 4.84. The fourth-order valence-electron chi connectivity index (χ4n) is 1.04. The molecule has 0 fully saturated rings. The van der Waals surface area contributed by atoms with Gasteiger partial charge < -0.3 is 20.1 Å². The Morgan fingerprint density at radius 3 is 2.77 bits per heavy atom. The number of imidazole rings is 1. The number of hydrogen-bond acceptors (Lipinski definition) is 4. The van der Waals surface area contributed by atoms with Crippen LogP contribution in [0.4, 0.5) is 5.95 Å². The third-order valence-corrected chi connectivity index (χ3v) is 1.83. The molecule has 0 aliphatic carbocycles. The van der Waals surface area contributed by atoms with E-state index in [9.17, 15) is 0 Å². The molecular formula is C8H15N3O2. The number of nitrogens with zero attached hydrogens (tertiary/aromatic N) is 2. The number of aliphatic hydroxyl groups is 2. The van der Waals surface area contributed by atoms with E-state index in [4.69, 9.17) is 10.2 Å². The number of nitrogens with one attached hydrogen (secondary N) is 1. The van der Waals surface area contributed by atoms with E-state index < -0.39 is 0 Å². The third-order valence-electron chi connectivity index (χ3n) is 1.83. The van der Waals surface area contributed by atoms with Crippen molar-refractivity contribution in [1.29, 1.82) is 0 Å². The number of anilines is 1. The Bertz CT molecular complexity index is 245. The highest BCUT2D eigenvalue weighted by atomic mass is 16.3. The van der Waals surface area contributed by atoms with Gasteiger partial charge in [0.05, 0.1) is 19.3 Å². The highest BCUT2D eigenvalue weighted by Gasteiger charge is 2.08. The van der Waals surface area contributed by atoms with Crippen molar-refractivity contribution in [2.24, 2.45) is 0 Å². The summed E-state index contributed by atoms with van der Waals surface area (Å²) < 4.78 is 1.90. The minimum Gasteiger partial charge on any atom is -0.394 e. The van der Waals surface area contributed by atoms with E-state index in [-0.39, 0.29) is 19.3 Å². The molecule has 0 aliphatic heterocycles. The third kappa shape index (κ3) is 2.43. The second-order valence-electron chi connectivity index (χ2n) is 2.74. The number of rotatable bonds is 5. The highest BCUT2D eigenvalue weighted by Crippen LogP contribution is 2.05. The molecule has 5 nitrogen and oxygen atoms in total. The van der Waals surface area contributed by atoms with Gasteiger partial charge in [-0.25, -0.2) is 4.98 Å². The summed E-state index contributed by atoms with van der Waals surface area (Å²) >= 11 is 0. The first-order valence-electron chi connectivity index (χ1n) is 4.31. The van der Waals surface area contributed by atoms with Gasteiger partial charge in [0, 0.05) is 18.9 Å². The van der Waals surface area contributed by atoms with Crippen LogP contribution in [-0.2, 0) is 6.54 Å². The first-order chi connectivity index (χ1) is 6.31. The molecular weight excluding hydrogens is 170 g/mol. The molecule has 1 heterocycles. The topological polar surface area (TPSA) is 70.3 Å². The van der Waals surface area contributed by atoms with Crippen molar-refractivity contribution in [3.05, 3.63) is 12.4 Å². The predicted octanol–water partition coefficient (Wildman–Crippen LogP) is -0.332. The summed E-state index contributed by atoms with van der Waals surface area (Å²) in [7, 11) is 0. The van der Waals surface area contributed by atoms with Crippen molar-refractivity contribution in [2.45, 2.75) is 19.5 Å². The maximum atomic E-state index is 8.83. The van der Waals surface area contributed by atoms with Crippen LogP contribution < -0.4 is 5.32 Å². The first kappa shape index (κ1) is 10.0. The van der Waals surface area contributed by atoms with Gasteiger partial charge in [-0.05, 0) is 6.92 Å². The minimum absolute atomic E-state index is 0.104. The molecule has 0 bridgehead atoms. The zero-order valence-corrected chi connectivity index (χ0v) is 7.64. The van der Waals surface area contributed by atoms with Crippen LogP contribution in [0.2, 0.25) is 0 Å². The molecule has 0 saturated heterocycles. The van der Waals surface area contributed by atoms with Gasteiger partial charge in [0.25, 0.3) is 0 Å². The van der Waals surface area contributed by atoms with Crippen molar-refractivity contribution >= 4 is 5.95 Å². The van der Waals surface area contributed by atoms with E-state index in [1.54, 1.807) is 6.20 Å². The first-order valence-corrected chi connectivity index (χ1v) is 4.31. The van der Waals surface area contributed by atoms with Crippen molar-refractivity contribution in [3.8, 4) is 0 Å². The molecule has 0 spiro atoms. The maximum absolute atomic E-state index is 8.83. The largest absolute Gasteiger partial charge is 0.394 e. The predicted molar refractivity (Wildman–Crippen MR) is 49.5 cm³/mol. The molecule has 1 rings (SSSR count). The van der Waals surface area contributed by atoms with E-state index in [0.29, 0.717) is 5.95 Å². The van der Waals surface area contributed by atoms with Gasteiger partial charge in [-0.15, -0.1) is 0 Å². The number of hydrogen-bond donors (Lipinski definition) is 3. The molecule has 13 heavy (non-hydrogen) atoms. The van der Waals surface area contributed by atoms with Crippen molar-refractivity contribution in [3.63, 3.8) is 0 Å². The quantitative estimate of drug-likeness (QED) is 0.587. The number of aliphatic hydroxyl groups excluding tert-OH is 2. The molecule has 1 aromatic heterocycles. The monoisotopic (exact) mass is 185 g/mol. The summed E-state index contributed by atoms with van der Waals surface area (Å²) in [6.45, 7) is 2.60. The van der Waals surface area contributed by atoms with Gasteiger partial charge in [-0.2, -0.15) is 0 Å². The van der Waals surface area contributed by atoms with E-state index in [2.05, 4.69) is 10.3 Å². The number of aromatic nitrogens is 2. The van der Waals surface area contributed by atoms with Crippen LogP contribution in [0.15, 0.2) is 12.4 Å². The lowest BCUT2D eigenvalue weighted by Crippen LogP contribution is -2.29. The Labute approximate surface area is 77.0 Å². The zero-order valence-electron chi connectivity index (χ0n) is 7.64.